The highest BCUT2D eigenvalue weighted by Crippen LogP contribution is 2.46. The van der Waals surface area contributed by atoms with E-state index in [2.05, 4.69) is 59.8 Å². The number of aryl methyl sites for hydroxylation is 1. The Hall–Kier alpha value is -3.69. The zero-order chi connectivity index (χ0) is 31.6. The predicted molar refractivity (Wildman–Crippen MR) is 174 cm³/mol. The minimum absolute atomic E-state index is 0.0195. The van der Waals surface area contributed by atoms with Gasteiger partial charge in [0.05, 0.1) is 0 Å². The molecule has 43 heavy (non-hydrogen) atoms. The number of H-pyrrole nitrogens is 1. The number of aromatic amines is 1. The topological polar surface area (TPSA) is 124 Å². The number of aromatic nitrogens is 1. The Morgan fingerprint density at radius 3 is 2.30 bits per heavy atom. The molecule has 2 unspecified atom stereocenters. The average molecular weight is 591 g/mol. The SMILES string of the molecule is CC(c1c[nH]c2ccccc12)C(NC=O)C(=O)N1CCC2(CCc3ccccc32)CC1.CN(C)C=O.CNC(C)(C)CN. The van der Waals surface area contributed by atoms with Crippen LogP contribution in [0.4, 0.5) is 0 Å². The lowest BCUT2D eigenvalue weighted by atomic mass is 9.73. The molecule has 5 N–H and O–H groups in total. The summed E-state index contributed by atoms with van der Waals surface area (Å²) in [7, 11) is 5.28. The van der Waals surface area contributed by atoms with Crippen LogP contribution in [0.3, 0.4) is 0 Å². The zero-order valence-electron chi connectivity index (χ0n) is 26.7. The van der Waals surface area contributed by atoms with E-state index < -0.39 is 6.04 Å². The van der Waals surface area contributed by atoms with Gasteiger partial charge in [0.25, 0.3) is 0 Å². The average Bonchev–Trinajstić information content (AvgIpc) is 3.62. The standard InChI is InChI=1S/C26H29N3O2.C5H14N2.C3H7NO/c1-18(21-16-27-23-9-5-3-7-20(21)23)24(28-17-30)25(31)29-14-12-26(13-15-29)11-10-19-6-2-4-8-22(19)26;1-5(2,4-6)7-3;1-4(2)3-5/h2-9,16-18,24,27H,10-15H2,1H3,(H,28,30);7H,4,6H2,1-3H3;3H,1-2H3. The fourth-order valence-corrected chi connectivity index (χ4v) is 5.89. The Morgan fingerprint density at radius 2 is 1.72 bits per heavy atom. The van der Waals surface area contributed by atoms with E-state index in [0.29, 0.717) is 13.0 Å². The number of hydrogen-bond donors (Lipinski definition) is 4. The molecular weight excluding hydrogens is 540 g/mol. The second-order valence-electron chi connectivity index (χ2n) is 12.5. The van der Waals surface area contributed by atoms with Crippen LogP contribution in [0.15, 0.2) is 54.7 Å². The van der Waals surface area contributed by atoms with Gasteiger partial charge < -0.3 is 31.2 Å². The molecule has 1 aliphatic carbocycles. The van der Waals surface area contributed by atoms with Crippen molar-refractivity contribution in [3.05, 3.63) is 71.4 Å². The first kappa shape index (κ1) is 33.8. The van der Waals surface area contributed by atoms with Crippen LogP contribution < -0.4 is 16.4 Å². The molecule has 1 saturated heterocycles. The van der Waals surface area contributed by atoms with E-state index in [1.54, 1.807) is 14.1 Å². The molecule has 2 aromatic carbocycles. The number of piperidine rings is 1. The monoisotopic (exact) mass is 590 g/mol. The zero-order valence-corrected chi connectivity index (χ0v) is 26.7. The van der Waals surface area contributed by atoms with Gasteiger partial charge in [-0.25, -0.2) is 0 Å². The number of likely N-dealkylation sites (tertiary alicyclic amines) is 1. The van der Waals surface area contributed by atoms with Crippen molar-refractivity contribution < 1.29 is 14.4 Å². The molecule has 1 aliphatic heterocycles. The van der Waals surface area contributed by atoms with E-state index in [0.717, 1.165) is 55.2 Å². The van der Waals surface area contributed by atoms with Crippen molar-refractivity contribution in [3.63, 3.8) is 0 Å². The van der Waals surface area contributed by atoms with E-state index in [1.807, 2.05) is 43.3 Å². The number of para-hydroxylation sites is 1. The van der Waals surface area contributed by atoms with Gasteiger partial charge in [-0.15, -0.1) is 0 Å². The Bertz CT molecular complexity index is 1340. The summed E-state index contributed by atoms with van der Waals surface area (Å²) < 4.78 is 0. The fraction of sp³-hybridized carbons (Fsp3) is 0.500. The quantitative estimate of drug-likeness (QED) is 0.299. The van der Waals surface area contributed by atoms with Gasteiger partial charge in [0.15, 0.2) is 0 Å². The lowest BCUT2D eigenvalue weighted by Crippen LogP contribution is -2.52. The number of rotatable bonds is 8. The summed E-state index contributed by atoms with van der Waals surface area (Å²) in [5.41, 5.74) is 10.7. The Balaban J connectivity index is 0.000000359. The van der Waals surface area contributed by atoms with Gasteiger partial charge in [0, 0.05) is 62.3 Å². The van der Waals surface area contributed by atoms with Crippen LogP contribution in [-0.4, -0.2) is 85.9 Å². The number of benzene rings is 2. The summed E-state index contributed by atoms with van der Waals surface area (Å²) in [6, 6.07) is 16.3. The van der Waals surface area contributed by atoms with Crippen LogP contribution in [0.25, 0.3) is 10.9 Å². The highest BCUT2D eigenvalue weighted by molar-refractivity contribution is 5.88. The largest absolute Gasteiger partial charge is 0.361 e. The summed E-state index contributed by atoms with van der Waals surface area (Å²) >= 11 is 0. The normalized spacial score (nSPS) is 16.6. The van der Waals surface area contributed by atoms with Crippen molar-refractivity contribution in [2.24, 2.45) is 5.73 Å². The van der Waals surface area contributed by atoms with Gasteiger partial charge in [0.1, 0.15) is 6.04 Å². The van der Waals surface area contributed by atoms with Crippen molar-refractivity contribution in [3.8, 4) is 0 Å². The first-order chi connectivity index (χ1) is 20.5. The summed E-state index contributed by atoms with van der Waals surface area (Å²) in [5, 5.41) is 6.99. The third-order valence-corrected chi connectivity index (χ3v) is 9.02. The van der Waals surface area contributed by atoms with Gasteiger partial charge in [-0.1, -0.05) is 49.4 Å². The maximum atomic E-state index is 13.5. The molecule has 3 amide bonds. The summed E-state index contributed by atoms with van der Waals surface area (Å²) in [5.74, 6) is -0.108. The summed E-state index contributed by atoms with van der Waals surface area (Å²) in [6.45, 7) is 8.31. The number of carbonyl (C=O) groups excluding carboxylic acids is 3. The lowest BCUT2D eigenvalue weighted by molar-refractivity contribution is -0.136. The molecule has 3 aromatic rings. The van der Waals surface area contributed by atoms with Crippen LogP contribution in [-0.2, 0) is 26.2 Å². The van der Waals surface area contributed by atoms with Gasteiger partial charge in [-0.05, 0) is 74.8 Å². The molecule has 0 saturated carbocycles. The smallest absolute Gasteiger partial charge is 0.245 e. The number of nitrogens with one attached hydrogen (secondary N) is 3. The van der Waals surface area contributed by atoms with E-state index in [4.69, 9.17) is 5.73 Å². The molecule has 1 fully saturated rings. The number of carbonyl (C=O) groups is 3. The molecule has 2 aliphatic rings. The predicted octanol–water partition coefficient (Wildman–Crippen LogP) is 3.54. The Labute approximate surface area is 256 Å². The molecule has 2 atom stereocenters. The van der Waals surface area contributed by atoms with Crippen molar-refractivity contribution in [2.45, 2.75) is 69.4 Å². The first-order valence-electron chi connectivity index (χ1n) is 15.2. The molecule has 9 heteroatoms. The molecule has 1 aromatic heterocycles. The maximum absolute atomic E-state index is 13.5. The highest BCUT2D eigenvalue weighted by atomic mass is 16.2. The number of nitrogens with zero attached hydrogens (tertiary/aromatic N) is 2. The Morgan fingerprint density at radius 1 is 1.09 bits per heavy atom. The van der Waals surface area contributed by atoms with Crippen LogP contribution in [0, 0.1) is 0 Å². The fourth-order valence-electron chi connectivity index (χ4n) is 5.89. The molecule has 234 valence electrons. The minimum Gasteiger partial charge on any atom is -0.361 e. The van der Waals surface area contributed by atoms with E-state index in [9.17, 15) is 14.4 Å². The summed E-state index contributed by atoms with van der Waals surface area (Å²) in [6.07, 6.45) is 7.67. The summed E-state index contributed by atoms with van der Waals surface area (Å²) in [4.78, 5) is 41.0. The molecule has 0 radical (unpaired) electrons. The Kier molecular flexibility index (Phi) is 11.9. The van der Waals surface area contributed by atoms with Gasteiger partial charge in [-0.3, -0.25) is 14.4 Å². The van der Waals surface area contributed by atoms with Crippen LogP contribution in [0.2, 0.25) is 0 Å². The van der Waals surface area contributed by atoms with Crippen LogP contribution in [0.1, 0.15) is 62.6 Å². The van der Waals surface area contributed by atoms with Crippen molar-refractivity contribution in [1.29, 1.82) is 0 Å². The molecule has 9 nitrogen and oxygen atoms in total. The van der Waals surface area contributed by atoms with E-state index >= 15 is 0 Å². The number of amides is 3. The van der Waals surface area contributed by atoms with Crippen LogP contribution >= 0.6 is 0 Å². The second-order valence-corrected chi connectivity index (χ2v) is 12.5. The van der Waals surface area contributed by atoms with E-state index in [-0.39, 0.29) is 22.8 Å². The molecular formula is C34H50N6O3. The number of hydrogen-bond acceptors (Lipinski definition) is 5. The molecule has 5 rings (SSSR count). The van der Waals surface area contributed by atoms with E-state index in [1.165, 1.54) is 22.4 Å². The van der Waals surface area contributed by atoms with Crippen LogP contribution in [0.5, 0.6) is 0 Å². The number of likely N-dealkylation sites (N-methyl/N-ethyl adjacent to an activating group) is 1. The third kappa shape index (κ3) is 8.24. The molecule has 2 heterocycles. The van der Waals surface area contributed by atoms with Gasteiger partial charge in [-0.2, -0.15) is 0 Å². The number of nitrogens with two attached hydrogens (primary N) is 1. The second kappa shape index (κ2) is 15.2. The van der Waals surface area contributed by atoms with Crippen molar-refractivity contribution >= 4 is 29.6 Å². The van der Waals surface area contributed by atoms with Gasteiger partial charge >= 0.3 is 0 Å². The highest BCUT2D eigenvalue weighted by Gasteiger charge is 2.43. The third-order valence-electron chi connectivity index (χ3n) is 9.02. The number of fused-ring (bicyclic) bond motifs is 3. The first-order valence-corrected chi connectivity index (χ1v) is 15.2. The molecule has 0 bridgehead atoms. The minimum atomic E-state index is -0.568. The van der Waals surface area contributed by atoms with Crippen molar-refractivity contribution in [2.75, 3.05) is 40.8 Å². The molecule has 1 spiro atoms. The van der Waals surface area contributed by atoms with Gasteiger partial charge in [0.2, 0.25) is 18.7 Å². The van der Waals surface area contributed by atoms with Crippen molar-refractivity contribution in [1.82, 2.24) is 25.4 Å². The maximum Gasteiger partial charge on any atom is 0.245 e. The lowest BCUT2D eigenvalue weighted by Gasteiger charge is -2.41.